The highest BCUT2D eigenvalue weighted by molar-refractivity contribution is 8.14. The van der Waals surface area contributed by atoms with Crippen LogP contribution in [0.2, 0.25) is 0 Å². The zero-order chi connectivity index (χ0) is 12.8. The molecular formula is C11H22N4OS. The molecule has 1 rings (SSSR count). The minimum absolute atomic E-state index is 0.0983. The highest BCUT2D eigenvalue weighted by Gasteiger charge is 2.24. The van der Waals surface area contributed by atoms with E-state index in [4.69, 9.17) is 11.6 Å². The van der Waals surface area contributed by atoms with Crippen molar-refractivity contribution in [2.45, 2.75) is 38.6 Å². The molecule has 0 unspecified atom stereocenters. The molecule has 0 bridgehead atoms. The maximum Gasteiger partial charge on any atom is 0.233 e. The van der Waals surface area contributed by atoms with Crippen LogP contribution in [0.15, 0.2) is 5.10 Å². The van der Waals surface area contributed by atoms with Crippen LogP contribution in [-0.2, 0) is 4.79 Å². The van der Waals surface area contributed by atoms with Crippen LogP contribution in [0.3, 0.4) is 0 Å². The molecule has 4 N–H and O–H groups in total. The summed E-state index contributed by atoms with van der Waals surface area (Å²) < 4.78 is 0. The monoisotopic (exact) mass is 258 g/mol. The van der Waals surface area contributed by atoms with Gasteiger partial charge in [-0.05, 0) is 31.6 Å². The lowest BCUT2D eigenvalue weighted by molar-refractivity contribution is -0.129. The Balaban J connectivity index is 2.36. The van der Waals surface area contributed by atoms with E-state index in [9.17, 15) is 4.79 Å². The van der Waals surface area contributed by atoms with Crippen LogP contribution in [0.1, 0.15) is 32.6 Å². The SMILES string of the molecule is CC1CCC(N(C)C(=O)CSC(N)=NN)CC1. The first-order valence-electron chi connectivity index (χ1n) is 5.96. The van der Waals surface area contributed by atoms with Gasteiger partial charge in [0.05, 0.1) is 5.75 Å². The summed E-state index contributed by atoms with van der Waals surface area (Å²) in [6.07, 6.45) is 4.63. The molecule has 0 radical (unpaired) electrons. The molecule has 0 atom stereocenters. The fourth-order valence-electron chi connectivity index (χ4n) is 2.11. The molecule has 1 aliphatic carbocycles. The Morgan fingerprint density at radius 1 is 1.41 bits per heavy atom. The van der Waals surface area contributed by atoms with E-state index in [-0.39, 0.29) is 11.1 Å². The number of hydrogen-bond acceptors (Lipinski definition) is 4. The summed E-state index contributed by atoms with van der Waals surface area (Å²) in [5, 5.41) is 3.58. The molecule has 1 amide bonds. The predicted molar refractivity (Wildman–Crippen MR) is 72.5 cm³/mol. The molecule has 98 valence electrons. The second-order valence-electron chi connectivity index (χ2n) is 4.67. The largest absolute Gasteiger partial charge is 0.377 e. The number of hydrazone groups is 1. The van der Waals surface area contributed by atoms with Crippen molar-refractivity contribution in [2.24, 2.45) is 22.6 Å². The number of hydrogen-bond donors (Lipinski definition) is 2. The zero-order valence-electron chi connectivity index (χ0n) is 10.6. The number of carbonyl (C=O) groups excluding carboxylic acids is 1. The van der Waals surface area contributed by atoms with Gasteiger partial charge in [0.25, 0.3) is 0 Å². The van der Waals surface area contributed by atoms with Crippen LogP contribution in [0.25, 0.3) is 0 Å². The molecule has 6 heteroatoms. The van der Waals surface area contributed by atoms with Crippen LogP contribution in [-0.4, -0.2) is 34.8 Å². The zero-order valence-corrected chi connectivity index (χ0v) is 11.4. The van der Waals surface area contributed by atoms with E-state index in [0.717, 1.165) is 18.8 Å². The molecule has 0 aromatic rings. The predicted octanol–water partition coefficient (Wildman–Crippen LogP) is 0.945. The van der Waals surface area contributed by atoms with Crippen LogP contribution >= 0.6 is 11.8 Å². The van der Waals surface area contributed by atoms with Crippen molar-refractivity contribution < 1.29 is 4.79 Å². The third-order valence-electron chi connectivity index (χ3n) is 3.40. The van der Waals surface area contributed by atoms with Gasteiger partial charge in [0.2, 0.25) is 5.91 Å². The Morgan fingerprint density at radius 3 is 2.53 bits per heavy atom. The van der Waals surface area contributed by atoms with E-state index in [1.54, 1.807) is 0 Å². The molecule has 17 heavy (non-hydrogen) atoms. The van der Waals surface area contributed by atoms with Crippen molar-refractivity contribution in [1.82, 2.24) is 4.90 Å². The van der Waals surface area contributed by atoms with E-state index < -0.39 is 0 Å². The van der Waals surface area contributed by atoms with E-state index in [1.807, 2.05) is 11.9 Å². The fraction of sp³-hybridized carbons (Fsp3) is 0.818. The van der Waals surface area contributed by atoms with Crippen LogP contribution in [0.4, 0.5) is 0 Å². The molecule has 1 fully saturated rings. The van der Waals surface area contributed by atoms with Gasteiger partial charge in [-0.15, -0.1) is 0 Å². The van der Waals surface area contributed by atoms with Gasteiger partial charge >= 0.3 is 0 Å². The maximum absolute atomic E-state index is 11.9. The summed E-state index contributed by atoms with van der Waals surface area (Å²) in [7, 11) is 1.87. The molecule has 5 nitrogen and oxygen atoms in total. The van der Waals surface area contributed by atoms with Crippen molar-refractivity contribution >= 4 is 22.8 Å². The number of nitrogens with two attached hydrogens (primary N) is 2. The van der Waals surface area contributed by atoms with Gasteiger partial charge in [0.15, 0.2) is 5.17 Å². The van der Waals surface area contributed by atoms with Crippen molar-refractivity contribution in [1.29, 1.82) is 0 Å². The Hall–Kier alpha value is -0.910. The molecule has 0 aliphatic heterocycles. The standard InChI is InChI=1S/C11H22N4OS/c1-8-3-5-9(6-4-8)15(2)10(16)7-17-11(12)14-13/h8-9H,3-7,13H2,1-2H3,(H2,12,14). The summed E-state index contributed by atoms with van der Waals surface area (Å²) >= 11 is 1.19. The first-order valence-corrected chi connectivity index (χ1v) is 6.95. The molecule has 0 aromatic heterocycles. The minimum atomic E-state index is 0.0983. The van der Waals surface area contributed by atoms with Gasteiger partial charge in [0, 0.05) is 13.1 Å². The summed E-state index contributed by atoms with van der Waals surface area (Å²) in [5.41, 5.74) is 5.44. The Labute approximate surface area is 107 Å². The lowest BCUT2D eigenvalue weighted by Gasteiger charge is -2.33. The van der Waals surface area contributed by atoms with Crippen molar-refractivity contribution in [3.05, 3.63) is 0 Å². The number of rotatable bonds is 3. The quantitative estimate of drug-likeness (QED) is 0.341. The van der Waals surface area contributed by atoms with Crippen LogP contribution in [0, 0.1) is 5.92 Å². The Morgan fingerprint density at radius 2 is 2.00 bits per heavy atom. The molecule has 0 aromatic carbocycles. The highest BCUT2D eigenvalue weighted by atomic mass is 32.2. The Bertz CT molecular complexity index is 287. The summed E-state index contributed by atoms with van der Waals surface area (Å²) in [5.74, 6) is 6.22. The third-order valence-corrected chi connectivity index (χ3v) is 4.19. The number of carbonyl (C=O) groups is 1. The first-order chi connectivity index (χ1) is 8.04. The molecule has 0 heterocycles. The van der Waals surface area contributed by atoms with Crippen molar-refractivity contribution in [3.8, 4) is 0 Å². The second kappa shape index (κ2) is 6.74. The highest BCUT2D eigenvalue weighted by Crippen LogP contribution is 2.26. The van der Waals surface area contributed by atoms with Crippen LogP contribution < -0.4 is 11.6 Å². The first kappa shape index (κ1) is 14.2. The summed E-state index contributed by atoms with van der Waals surface area (Å²) in [6, 6.07) is 0.385. The van der Waals surface area contributed by atoms with Crippen molar-refractivity contribution in [2.75, 3.05) is 12.8 Å². The summed E-state index contributed by atoms with van der Waals surface area (Å²) in [6.45, 7) is 2.27. The average molecular weight is 258 g/mol. The second-order valence-corrected chi connectivity index (χ2v) is 5.67. The summed E-state index contributed by atoms with van der Waals surface area (Å²) in [4.78, 5) is 13.7. The number of amides is 1. The van der Waals surface area contributed by atoms with Crippen molar-refractivity contribution in [3.63, 3.8) is 0 Å². The molecule has 1 saturated carbocycles. The molecule has 0 saturated heterocycles. The average Bonchev–Trinajstić information content (AvgIpc) is 2.35. The van der Waals surface area contributed by atoms with Gasteiger partial charge in [0.1, 0.15) is 0 Å². The molecule has 0 spiro atoms. The number of nitrogens with zero attached hydrogens (tertiary/aromatic N) is 2. The fourth-order valence-corrected chi connectivity index (χ4v) is 2.66. The van der Waals surface area contributed by atoms with E-state index >= 15 is 0 Å². The normalized spacial score (nSPS) is 25.6. The smallest absolute Gasteiger partial charge is 0.233 e. The van der Waals surface area contributed by atoms with E-state index in [2.05, 4.69) is 12.0 Å². The minimum Gasteiger partial charge on any atom is -0.377 e. The lowest BCUT2D eigenvalue weighted by atomic mass is 9.87. The van der Waals surface area contributed by atoms with Crippen LogP contribution in [0.5, 0.6) is 0 Å². The molecular weight excluding hydrogens is 236 g/mol. The van der Waals surface area contributed by atoms with Gasteiger partial charge < -0.3 is 16.5 Å². The number of amidine groups is 1. The molecule has 1 aliphatic rings. The van der Waals surface area contributed by atoms with Gasteiger partial charge in [-0.1, -0.05) is 18.7 Å². The topological polar surface area (TPSA) is 84.7 Å². The lowest BCUT2D eigenvalue weighted by Crippen LogP contribution is -2.40. The van der Waals surface area contributed by atoms with Gasteiger partial charge in [-0.2, -0.15) is 5.10 Å². The number of thioether (sulfide) groups is 1. The van der Waals surface area contributed by atoms with Gasteiger partial charge in [-0.25, -0.2) is 0 Å². The van der Waals surface area contributed by atoms with E-state index in [0.29, 0.717) is 11.8 Å². The van der Waals surface area contributed by atoms with Gasteiger partial charge in [-0.3, -0.25) is 4.79 Å². The van der Waals surface area contributed by atoms with E-state index in [1.165, 1.54) is 24.6 Å². The Kier molecular flexibility index (Phi) is 5.61. The maximum atomic E-state index is 11.9. The third kappa shape index (κ3) is 4.46.